The van der Waals surface area contributed by atoms with Crippen molar-refractivity contribution in [3.63, 3.8) is 0 Å². The van der Waals surface area contributed by atoms with Crippen LogP contribution in [0.25, 0.3) is 11.3 Å². The number of anilines is 1. The molecule has 146 valence electrons. The van der Waals surface area contributed by atoms with E-state index in [4.69, 9.17) is 10.00 Å². The first-order chi connectivity index (χ1) is 14.0. The molecule has 3 aromatic rings. The van der Waals surface area contributed by atoms with Gasteiger partial charge in [0.05, 0.1) is 29.1 Å². The number of aromatic amines is 2. The molecule has 29 heavy (non-hydrogen) atoms. The number of hydrogen-bond donors (Lipinski definition) is 2. The minimum Gasteiger partial charge on any atom is -0.472 e. The number of aryl methyl sites for hydroxylation is 1. The summed E-state index contributed by atoms with van der Waals surface area (Å²) >= 11 is 0. The fraction of sp³-hybridized carbons (Fsp3) is 0.263. The van der Waals surface area contributed by atoms with Crippen molar-refractivity contribution in [2.45, 2.75) is 19.4 Å². The summed E-state index contributed by atoms with van der Waals surface area (Å²) in [5.74, 6) is 0.473. The van der Waals surface area contributed by atoms with Gasteiger partial charge in [0, 0.05) is 31.4 Å². The molecule has 0 aromatic carbocycles. The highest BCUT2D eigenvalue weighted by molar-refractivity contribution is 5.64. The summed E-state index contributed by atoms with van der Waals surface area (Å²) in [5.41, 5.74) is 1.58. The van der Waals surface area contributed by atoms with E-state index in [2.05, 4.69) is 30.0 Å². The van der Waals surface area contributed by atoms with Crippen LogP contribution in [0.4, 0.5) is 5.69 Å². The SMILES string of the molecule is Cc1nnc(-c2c[nH]c(=O)[nH]c2=O)cc1N1CCC(Oc2ccc(C#N)cn2)C1. The van der Waals surface area contributed by atoms with Crippen molar-refractivity contribution in [3.05, 3.63) is 62.7 Å². The van der Waals surface area contributed by atoms with Crippen LogP contribution >= 0.6 is 0 Å². The first-order valence-electron chi connectivity index (χ1n) is 8.98. The number of ether oxygens (including phenoxy) is 1. The lowest BCUT2D eigenvalue weighted by Crippen LogP contribution is -2.26. The van der Waals surface area contributed by atoms with E-state index in [0.29, 0.717) is 23.7 Å². The molecule has 0 amide bonds. The number of aromatic nitrogens is 5. The highest BCUT2D eigenvalue weighted by Gasteiger charge is 2.26. The topological polar surface area (TPSA) is 141 Å². The van der Waals surface area contributed by atoms with Crippen LogP contribution in [0.5, 0.6) is 5.88 Å². The van der Waals surface area contributed by atoms with E-state index in [9.17, 15) is 9.59 Å². The fourth-order valence-corrected chi connectivity index (χ4v) is 3.22. The Morgan fingerprint density at radius 3 is 2.90 bits per heavy atom. The van der Waals surface area contributed by atoms with E-state index in [1.807, 2.05) is 13.0 Å². The third kappa shape index (κ3) is 3.84. The molecule has 1 fully saturated rings. The van der Waals surface area contributed by atoms with Gasteiger partial charge in [-0.25, -0.2) is 9.78 Å². The minimum atomic E-state index is -0.574. The summed E-state index contributed by atoms with van der Waals surface area (Å²) < 4.78 is 5.92. The van der Waals surface area contributed by atoms with Gasteiger partial charge >= 0.3 is 5.69 Å². The molecule has 2 N–H and O–H groups in total. The Morgan fingerprint density at radius 2 is 2.17 bits per heavy atom. The minimum absolute atomic E-state index is 0.0667. The van der Waals surface area contributed by atoms with Gasteiger partial charge in [0.2, 0.25) is 5.88 Å². The van der Waals surface area contributed by atoms with Gasteiger partial charge < -0.3 is 14.6 Å². The van der Waals surface area contributed by atoms with Gasteiger partial charge in [0.25, 0.3) is 5.56 Å². The van der Waals surface area contributed by atoms with Crippen molar-refractivity contribution < 1.29 is 4.74 Å². The maximum Gasteiger partial charge on any atom is 0.325 e. The van der Waals surface area contributed by atoms with E-state index >= 15 is 0 Å². The number of nitriles is 1. The van der Waals surface area contributed by atoms with Gasteiger partial charge in [-0.05, 0) is 19.1 Å². The van der Waals surface area contributed by atoms with Crippen LogP contribution in [0.2, 0.25) is 0 Å². The molecule has 4 heterocycles. The first-order valence-corrected chi connectivity index (χ1v) is 8.98. The van der Waals surface area contributed by atoms with Crippen LogP contribution in [0.15, 0.2) is 40.2 Å². The third-order valence-corrected chi connectivity index (χ3v) is 4.69. The van der Waals surface area contributed by atoms with Crippen LogP contribution in [0.1, 0.15) is 17.7 Å². The second-order valence-electron chi connectivity index (χ2n) is 6.66. The Morgan fingerprint density at radius 1 is 1.31 bits per heavy atom. The highest BCUT2D eigenvalue weighted by Crippen LogP contribution is 2.27. The molecular formula is C19H17N7O3. The average Bonchev–Trinajstić information content (AvgIpc) is 3.17. The molecule has 0 aliphatic carbocycles. The molecule has 0 saturated carbocycles. The van der Waals surface area contributed by atoms with Crippen molar-refractivity contribution >= 4 is 5.69 Å². The molecule has 0 bridgehead atoms. The predicted molar refractivity (Wildman–Crippen MR) is 104 cm³/mol. The van der Waals surface area contributed by atoms with Gasteiger partial charge in [-0.1, -0.05) is 0 Å². The van der Waals surface area contributed by atoms with E-state index in [1.54, 1.807) is 18.2 Å². The largest absolute Gasteiger partial charge is 0.472 e. The van der Waals surface area contributed by atoms with Crippen LogP contribution in [0, 0.1) is 18.3 Å². The third-order valence-electron chi connectivity index (χ3n) is 4.69. The van der Waals surface area contributed by atoms with Crippen LogP contribution < -0.4 is 20.9 Å². The predicted octanol–water partition coefficient (Wildman–Crippen LogP) is 0.753. The number of nitrogens with one attached hydrogen (secondary N) is 2. The van der Waals surface area contributed by atoms with Gasteiger partial charge in [0.1, 0.15) is 17.9 Å². The first kappa shape index (κ1) is 18.4. The van der Waals surface area contributed by atoms with Crippen molar-refractivity contribution in [2.24, 2.45) is 0 Å². The summed E-state index contributed by atoms with van der Waals surface area (Å²) in [6.45, 7) is 3.21. The molecule has 1 aliphatic heterocycles. The zero-order valence-corrected chi connectivity index (χ0v) is 15.5. The Hall–Kier alpha value is -4.00. The Balaban J connectivity index is 1.53. The van der Waals surface area contributed by atoms with E-state index < -0.39 is 11.2 Å². The summed E-state index contributed by atoms with van der Waals surface area (Å²) in [6, 6.07) is 7.16. The molecule has 4 rings (SSSR count). The van der Waals surface area contributed by atoms with Crippen LogP contribution in [-0.2, 0) is 0 Å². The molecular weight excluding hydrogens is 374 g/mol. The fourth-order valence-electron chi connectivity index (χ4n) is 3.22. The molecule has 0 spiro atoms. The average molecular weight is 391 g/mol. The van der Waals surface area contributed by atoms with Gasteiger partial charge in [0.15, 0.2) is 0 Å². The smallest absolute Gasteiger partial charge is 0.325 e. The van der Waals surface area contributed by atoms with Crippen molar-refractivity contribution in [3.8, 4) is 23.2 Å². The van der Waals surface area contributed by atoms with Crippen LogP contribution in [0.3, 0.4) is 0 Å². The normalized spacial score (nSPS) is 15.9. The molecule has 3 aromatic heterocycles. The maximum atomic E-state index is 12.1. The monoisotopic (exact) mass is 391 g/mol. The zero-order valence-electron chi connectivity index (χ0n) is 15.5. The highest BCUT2D eigenvalue weighted by atomic mass is 16.5. The molecule has 1 unspecified atom stereocenters. The number of rotatable bonds is 4. The zero-order chi connectivity index (χ0) is 20.4. The second kappa shape index (κ2) is 7.55. The molecule has 1 atom stereocenters. The number of H-pyrrole nitrogens is 2. The van der Waals surface area contributed by atoms with E-state index in [0.717, 1.165) is 24.3 Å². The maximum absolute atomic E-state index is 12.1. The molecule has 0 radical (unpaired) electrons. The van der Waals surface area contributed by atoms with E-state index in [-0.39, 0.29) is 11.7 Å². The lowest BCUT2D eigenvalue weighted by atomic mass is 10.2. The number of hydrogen-bond acceptors (Lipinski definition) is 8. The van der Waals surface area contributed by atoms with Crippen molar-refractivity contribution in [1.82, 2.24) is 25.1 Å². The quantitative estimate of drug-likeness (QED) is 0.664. The van der Waals surface area contributed by atoms with Gasteiger partial charge in [-0.15, -0.1) is 5.10 Å². The summed E-state index contributed by atoms with van der Waals surface area (Å²) in [6.07, 6.45) is 3.53. The molecule has 1 saturated heterocycles. The lowest BCUT2D eigenvalue weighted by molar-refractivity contribution is 0.216. The number of pyridine rings is 1. The summed E-state index contributed by atoms with van der Waals surface area (Å²) in [7, 11) is 0. The Labute approximate surface area is 164 Å². The second-order valence-corrected chi connectivity index (χ2v) is 6.66. The Bertz CT molecular complexity index is 1190. The standard InChI is InChI=1S/C19H17N7O3/c1-11-16(6-15(25-24-11)14-9-22-19(28)23-18(14)27)26-5-4-13(10-26)29-17-3-2-12(7-20)8-21-17/h2-3,6,8-9,13H,4-5,10H2,1H3,(H2,22,23,27,28). The number of nitrogens with zero attached hydrogens (tertiary/aromatic N) is 5. The summed E-state index contributed by atoms with van der Waals surface area (Å²) in [5, 5.41) is 17.1. The summed E-state index contributed by atoms with van der Waals surface area (Å²) in [4.78, 5) is 34.2. The van der Waals surface area contributed by atoms with Gasteiger partial charge in [-0.3, -0.25) is 9.78 Å². The molecule has 1 aliphatic rings. The molecule has 10 heteroatoms. The van der Waals surface area contributed by atoms with E-state index in [1.165, 1.54) is 12.4 Å². The Kier molecular flexibility index (Phi) is 4.78. The van der Waals surface area contributed by atoms with Crippen molar-refractivity contribution in [1.29, 1.82) is 5.26 Å². The van der Waals surface area contributed by atoms with Crippen LogP contribution in [-0.4, -0.2) is 44.3 Å². The lowest BCUT2D eigenvalue weighted by Gasteiger charge is -2.20. The van der Waals surface area contributed by atoms with Gasteiger partial charge in [-0.2, -0.15) is 10.4 Å². The van der Waals surface area contributed by atoms with Crippen molar-refractivity contribution in [2.75, 3.05) is 18.0 Å². The molecule has 10 nitrogen and oxygen atoms in total.